The van der Waals surface area contributed by atoms with Gasteiger partial charge in [-0.25, -0.2) is 4.68 Å². The molecule has 0 aliphatic carbocycles. The minimum atomic E-state index is -0.0620. The molecule has 3 nitrogen and oxygen atoms in total. The van der Waals surface area contributed by atoms with Crippen LogP contribution in [0.25, 0.3) is 16.8 Å². The summed E-state index contributed by atoms with van der Waals surface area (Å²) < 4.78 is 1.77. The summed E-state index contributed by atoms with van der Waals surface area (Å²) in [6.07, 6.45) is 3.78. The second-order valence-electron chi connectivity index (χ2n) is 4.47. The molecule has 0 atom stereocenters. The average molecular weight is 285 g/mol. The van der Waals surface area contributed by atoms with Crippen LogP contribution in [0.5, 0.6) is 0 Å². The third-order valence-corrected chi connectivity index (χ3v) is 3.51. The monoisotopic (exact) mass is 284 g/mol. The lowest BCUT2D eigenvalue weighted by atomic mass is 10.1. The molecule has 0 saturated heterocycles. The topological polar surface area (TPSA) is 38.0 Å². The van der Waals surface area contributed by atoms with Gasteiger partial charge in [-0.1, -0.05) is 48.0 Å². The Bertz CT molecular complexity index is 722. The molecule has 100 valence electrons. The standard InChI is InChI=1S/C16H13ClN2O/c17-16-8-15(7-6-13(16)11-20)19-10-14(9-18-19)12-4-2-1-3-5-12/h1-10,20H,11H2. The summed E-state index contributed by atoms with van der Waals surface area (Å²) in [5, 5.41) is 14.0. The quantitative estimate of drug-likeness (QED) is 0.797. The number of rotatable bonds is 3. The van der Waals surface area contributed by atoms with Crippen LogP contribution in [0.15, 0.2) is 60.9 Å². The summed E-state index contributed by atoms with van der Waals surface area (Å²) in [4.78, 5) is 0. The summed E-state index contributed by atoms with van der Waals surface area (Å²) in [5.74, 6) is 0. The maximum atomic E-state index is 9.13. The van der Waals surface area contributed by atoms with Crippen molar-refractivity contribution in [3.63, 3.8) is 0 Å². The molecule has 0 radical (unpaired) electrons. The molecule has 1 heterocycles. The van der Waals surface area contributed by atoms with Crippen LogP contribution < -0.4 is 0 Å². The van der Waals surface area contributed by atoms with Crippen LogP contribution in [-0.2, 0) is 6.61 Å². The molecule has 0 fully saturated rings. The second-order valence-corrected chi connectivity index (χ2v) is 4.88. The van der Waals surface area contributed by atoms with Gasteiger partial charge in [0.15, 0.2) is 0 Å². The summed E-state index contributed by atoms with van der Waals surface area (Å²) in [6.45, 7) is -0.0620. The van der Waals surface area contributed by atoms with Crippen molar-refractivity contribution < 1.29 is 5.11 Å². The largest absolute Gasteiger partial charge is 0.392 e. The lowest BCUT2D eigenvalue weighted by Crippen LogP contribution is -1.95. The number of aliphatic hydroxyl groups excluding tert-OH is 1. The van der Waals surface area contributed by atoms with E-state index in [9.17, 15) is 0 Å². The fraction of sp³-hybridized carbons (Fsp3) is 0.0625. The van der Waals surface area contributed by atoms with E-state index in [2.05, 4.69) is 5.10 Å². The van der Waals surface area contributed by atoms with Crippen LogP contribution in [0.3, 0.4) is 0 Å². The van der Waals surface area contributed by atoms with Crippen molar-refractivity contribution in [3.05, 3.63) is 71.5 Å². The average Bonchev–Trinajstić information content (AvgIpc) is 2.98. The molecule has 1 N–H and O–H groups in total. The van der Waals surface area contributed by atoms with Gasteiger partial charge in [-0.05, 0) is 23.3 Å². The van der Waals surface area contributed by atoms with Gasteiger partial charge in [0.1, 0.15) is 0 Å². The lowest BCUT2D eigenvalue weighted by molar-refractivity contribution is 0.282. The first-order valence-corrected chi connectivity index (χ1v) is 6.65. The van der Waals surface area contributed by atoms with Gasteiger partial charge >= 0.3 is 0 Å². The van der Waals surface area contributed by atoms with Gasteiger partial charge in [0.05, 0.1) is 18.5 Å². The first-order valence-electron chi connectivity index (χ1n) is 6.27. The first-order chi connectivity index (χ1) is 9.78. The molecule has 1 aromatic heterocycles. The minimum Gasteiger partial charge on any atom is -0.392 e. The van der Waals surface area contributed by atoms with Gasteiger partial charge in [0.25, 0.3) is 0 Å². The molecule has 0 saturated carbocycles. The SMILES string of the molecule is OCc1ccc(-n2cc(-c3ccccc3)cn2)cc1Cl. The first kappa shape index (κ1) is 12.9. The maximum absolute atomic E-state index is 9.13. The van der Waals surface area contributed by atoms with Gasteiger partial charge in [0, 0.05) is 16.8 Å². The van der Waals surface area contributed by atoms with Crippen molar-refractivity contribution >= 4 is 11.6 Å². The van der Waals surface area contributed by atoms with Crippen LogP contribution >= 0.6 is 11.6 Å². The zero-order valence-corrected chi connectivity index (χ0v) is 11.5. The Balaban J connectivity index is 1.96. The van der Waals surface area contributed by atoms with Gasteiger partial charge in [-0.15, -0.1) is 0 Å². The maximum Gasteiger partial charge on any atom is 0.0696 e. The van der Waals surface area contributed by atoms with E-state index in [1.165, 1.54) is 0 Å². The molecule has 3 rings (SSSR count). The highest BCUT2D eigenvalue weighted by Gasteiger charge is 2.05. The number of halogens is 1. The van der Waals surface area contributed by atoms with Crippen molar-refractivity contribution in [2.24, 2.45) is 0 Å². The molecule has 4 heteroatoms. The minimum absolute atomic E-state index is 0.0620. The number of aliphatic hydroxyl groups is 1. The molecule has 20 heavy (non-hydrogen) atoms. The summed E-state index contributed by atoms with van der Waals surface area (Å²) in [6, 6.07) is 15.6. The lowest BCUT2D eigenvalue weighted by Gasteiger charge is -2.05. The van der Waals surface area contributed by atoms with Gasteiger partial charge in [-0.3, -0.25) is 0 Å². The zero-order chi connectivity index (χ0) is 13.9. The Morgan fingerprint density at radius 2 is 1.85 bits per heavy atom. The highest BCUT2D eigenvalue weighted by atomic mass is 35.5. The summed E-state index contributed by atoms with van der Waals surface area (Å²) >= 11 is 6.10. The van der Waals surface area contributed by atoms with E-state index in [0.29, 0.717) is 10.6 Å². The van der Waals surface area contributed by atoms with Crippen molar-refractivity contribution in [1.82, 2.24) is 9.78 Å². The van der Waals surface area contributed by atoms with Crippen molar-refractivity contribution in [3.8, 4) is 16.8 Å². The molecule has 2 aromatic carbocycles. The third kappa shape index (κ3) is 2.46. The third-order valence-electron chi connectivity index (χ3n) is 3.16. The molecule has 0 aliphatic rings. The van der Waals surface area contributed by atoms with E-state index in [4.69, 9.17) is 16.7 Å². The van der Waals surface area contributed by atoms with E-state index in [0.717, 1.165) is 16.8 Å². The van der Waals surface area contributed by atoms with Crippen LogP contribution in [0.2, 0.25) is 5.02 Å². The number of hydrogen-bond donors (Lipinski definition) is 1. The van der Waals surface area contributed by atoms with E-state index in [1.54, 1.807) is 10.7 Å². The highest BCUT2D eigenvalue weighted by Crippen LogP contribution is 2.23. The molecular formula is C16H13ClN2O. The van der Waals surface area contributed by atoms with Crippen LogP contribution in [0.1, 0.15) is 5.56 Å². The van der Waals surface area contributed by atoms with Gasteiger partial charge < -0.3 is 5.11 Å². The van der Waals surface area contributed by atoms with E-state index in [-0.39, 0.29) is 6.61 Å². The number of aromatic nitrogens is 2. The van der Waals surface area contributed by atoms with Crippen molar-refractivity contribution in [2.45, 2.75) is 6.61 Å². The summed E-state index contributed by atoms with van der Waals surface area (Å²) in [7, 11) is 0. The van der Waals surface area contributed by atoms with E-state index >= 15 is 0 Å². The predicted octanol–water partition coefficient (Wildman–Crippen LogP) is 3.69. The number of nitrogens with zero attached hydrogens (tertiary/aromatic N) is 2. The molecule has 3 aromatic rings. The second kappa shape index (κ2) is 5.49. The zero-order valence-electron chi connectivity index (χ0n) is 10.7. The molecular weight excluding hydrogens is 272 g/mol. The van der Waals surface area contributed by atoms with Crippen LogP contribution in [-0.4, -0.2) is 14.9 Å². The van der Waals surface area contributed by atoms with E-state index in [1.807, 2.05) is 54.9 Å². The van der Waals surface area contributed by atoms with Crippen molar-refractivity contribution in [1.29, 1.82) is 0 Å². The molecule has 0 aliphatic heterocycles. The summed E-state index contributed by atoms with van der Waals surface area (Å²) in [5.41, 5.74) is 3.75. The molecule has 0 bridgehead atoms. The number of benzene rings is 2. The highest BCUT2D eigenvalue weighted by molar-refractivity contribution is 6.31. The van der Waals surface area contributed by atoms with Crippen LogP contribution in [0, 0.1) is 0 Å². The Morgan fingerprint density at radius 3 is 2.55 bits per heavy atom. The van der Waals surface area contributed by atoms with E-state index < -0.39 is 0 Å². The Kier molecular flexibility index (Phi) is 3.54. The number of hydrogen-bond acceptors (Lipinski definition) is 2. The Hall–Kier alpha value is -2.10. The fourth-order valence-electron chi connectivity index (χ4n) is 2.05. The molecule has 0 amide bonds. The Labute approximate surface area is 122 Å². The predicted molar refractivity (Wildman–Crippen MR) is 79.9 cm³/mol. The Morgan fingerprint density at radius 1 is 1.05 bits per heavy atom. The van der Waals surface area contributed by atoms with Crippen molar-refractivity contribution in [2.75, 3.05) is 0 Å². The molecule has 0 spiro atoms. The molecule has 0 unspecified atom stereocenters. The van der Waals surface area contributed by atoms with Crippen LogP contribution in [0.4, 0.5) is 0 Å². The normalized spacial score (nSPS) is 10.7. The van der Waals surface area contributed by atoms with Gasteiger partial charge in [-0.2, -0.15) is 5.10 Å². The smallest absolute Gasteiger partial charge is 0.0696 e. The van der Waals surface area contributed by atoms with Gasteiger partial charge in [0.2, 0.25) is 0 Å². The fourth-order valence-corrected chi connectivity index (χ4v) is 2.29.